The van der Waals surface area contributed by atoms with E-state index in [1.54, 1.807) is 0 Å². The minimum absolute atomic E-state index is 0.674. The van der Waals surface area contributed by atoms with E-state index in [1.165, 1.54) is 19.3 Å². The van der Waals surface area contributed by atoms with Gasteiger partial charge in [-0.15, -0.1) is 0 Å². The highest BCUT2D eigenvalue weighted by atomic mass is 35.5. The van der Waals surface area contributed by atoms with Crippen LogP contribution in [0.5, 0.6) is 0 Å². The fourth-order valence-corrected chi connectivity index (χ4v) is 2.64. The Kier molecular flexibility index (Phi) is 4.55. The third-order valence-corrected chi connectivity index (χ3v) is 3.94. The van der Waals surface area contributed by atoms with Gasteiger partial charge in [-0.3, -0.25) is 0 Å². The molecule has 1 aromatic carbocycles. The minimum Gasteiger partial charge on any atom is -0.356 e. The average molecular weight is 303 g/mol. The number of halogens is 1. The summed E-state index contributed by atoms with van der Waals surface area (Å²) in [7, 11) is 0. The SMILES string of the molecule is Clc1ccc(CNc2nccc(N3CCCCC3)n2)cc1. The van der Waals surface area contributed by atoms with Crippen molar-refractivity contribution in [1.29, 1.82) is 0 Å². The Hall–Kier alpha value is -1.81. The summed E-state index contributed by atoms with van der Waals surface area (Å²) in [6, 6.07) is 9.78. The van der Waals surface area contributed by atoms with Gasteiger partial charge in [0.2, 0.25) is 5.95 Å². The molecular weight excluding hydrogens is 284 g/mol. The Balaban J connectivity index is 1.64. The first-order valence-corrected chi connectivity index (χ1v) is 7.75. The zero-order valence-corrected chi connectivity index (χ0v) is 12.7. The molecule has 1 aliphatic heterocycles. The van der Waals surface area contributed by atoms with Crippen LogP contribution in [0.1, 0.15) is 24.8 Å². The lowest BCUT2D eigenvalue weighted by molar-refractivity contribution is 0.573. The predicted octanol–water partition coefficient (Wildman–Crippen LogP) is 3.73. The van der Waals surface area contributed by atoms with Crippen LogP contribution in [0.3, 0.4) is 0 Å². The number of hydrogen-bond donors (Lipinski definition) is 1. The van der Waals surface area contributed by atoms with Crippen LogP contribution in [0.25, 0.3) is 0 Å². The number of nitrogens with zero attached hydrogens (tertiary/aromatic N) is 3. The molecular formula is C16H19ClN4. The molecule has 0 radical (unpaired) electrons. The molecule has 21 heavy (non-hydrogen) atoms. The zero-order chi connectivity index (χ0) is 14.5. The number of aromatic nitrogens is 2. The lowest BCUT2D eigenvalue weighted by atomic mass is 10.1. The van der Waals surface area contributed by atoms with Crippen molar-refractivity contribution in [2.45, 2.75) is 25.8 Å². The van der Waals surface area contributed by atoms with Gasteiger partial charge in [-0.05, 0) is 43.0 Å². The largest absolute Gasteiger partial charge is 0.356 e. The molecule has 110 valence electrons. The van der Waals surface area contributed by atoms with Crippen LogP contribution in [0.4, 0.5) is 11.8 Å². The molecule has 1 aromatic heterocycles. The number of benzene rings is 1. The normalized spacial score (nSPS) is 15.0. The van der Waals surface area contributed by atoms with E-state index in [1.807, 2.05) is 36.5 Å². The third-order valence-electron chi connectivity index (χ3n) is 3.68. The fraction of sp³-hybridized carbons (Fsp3) is 0.375. The van der Waals surface area contributed by atoms with Gasteiger partial charge in [0.05, 0.1) is 0 Å². The van der Waals surface area contributed by atoms with Crippen molar-refractivity contribution in [3.63, 3.8) is 0 Å². The van der Waals surface area contributed by atoms with E-state index >= 15 is 0 Å². The van der Waals surface area contributed by atoms with E-state index in [9.17, 15) is 0 Å². The monoisotopic (exact) mass is 302 g/mol. The van der Waals surface area contributed by atoms with Gasteiger partial charge in [-0.2, -0.15) is 4.98 Å². The van der Waals surface area contributed by atoms with Crippen molar-refractivity contribution in [2.24, 2.45) is 0 Å². The number of piperidine rings is 1. The summed E-state index contributed by atoms with van der Waals surface area (Å²) in [5, 5.41) is 4.02. The summed E-state index contributed by atoms with van der Waals surface area (Å²) >= 11 is 5.89. The van der Waals surface area contributed by atoms with Crippen molar-refractivity contribution in [3.8, 4) is 0 Å². The number of nitrogens with one attached hydrogen (secondary N) is 1. The molecule has 0 atom stereocenters. The van der Waals surface area contributed by atoms with Crippen LogP contribution in [-0.4, -0.2) is 23.1 Å². The molecule has 0 bridgehead atoms. The van der Waals surface area contributed by atoms with Gasteiger partial charge in [0, 0.05) is 30.9 Å². The van der Waals surface area contributed by atoms with Crippen LogP contribution in [0, 0.1) is 0 Å². The van der Waals surface area contributed by atoms with Gasteiger partial charge >= 0.3 is 0 Å². The Morgan fingerprint density at radius 3 is 2.57 bits per heavy atom. The Morgan fingerprint density at radius 2 is 1.81 bits per heavy atom. The first-order chi connectivity index (χ1) is 10.3. The summed E-state index contributed by atoms with van der Waals surface area (Å²) in [5.41, 5.74) is 1.16. The van der Waals surface area contributed by atoms with Crippen molar-refractivity contribution in [1.82, 2.24) is 9.97 Å². The standard InChI is InChI=1S/C16H19ClN4/c17-14-6-4-13(5-7-14)12-19-16-18-9-8-15(20-16)21-10-2-1-3-11-21/h4-9H,1-3,10-12H2,(H,18,19,20). The molecule has 1 saturated heterocycles. The van der Waals surface area contributed by atoms with Crippen molar-refractivity contribution in [3.05, 3.63) is 47.1 Å². The molecule has 1 aliphatic rings. The fourth-order valence-electron chi connectivity index (χ4n) is 2.52. The lowest BCUT2D eigenvalue weighted by Crippen LogP contribution is -2.30. The second-order valence-corrected chi connectivity index (χ2v) is 5.70. The van der Waals surface area contributed by atoms with Crippen molar-refractivity contribution >= 4 is 23.4 Å². The average Bonchev–Trinajstić information content (AvgIpc) is 2.55. The van der Waals surface area contributed by atoms with Crippen LogP contribution in [0.15, 0.2) is 36.5 Å². The van der Waals surface area contributed by atoms with E-state index in [-0.39, 0.29) is 0 Å². The van der Waals surface area contributed by atoms with E-state index in [2.05, 4.69) is 20.2 Å². The Morgan fingerprint density at radius 1 is 1.05 bits per heavy atom. The number of rotatable bonds is 4. The van der Waals surface area contributed by atoms with E-state index in [0.717, 1.165) is 29.5 Å². The van der Waals surface area contributed by atoms with Gasteiger partial charge in [0.15, 0.2) is 0 Å². The smallest absolute Gasteiger partial charge is 0.224 e. The van der Waals surface area contributed by atoms with Crippen LogP contribution >= 0.6 is 11.6 Å². The quantitative estimate of drug-likeness (QED) is 0.934. The second-order valence-electron chi connectivity index (χ2n) is 5.27. The van der Waals surface area contributed by atoms with E-state index < -0.39 is 0 Å². The topological polar surface area (TPSA) is 41.1 Å². The van der Waals surface area contributed by atoms with Crippen LogP contribution < -0.4 is 10.2 Å². The molecule has 5 heteroatoms. The molecule has 0 saturated carbocycles. The molecule has 1 fully saturated rings. The molecule has 3 rings (SSSR count). The molecule has 0 unspecified atom stereocenters. The first-order valence-electron chi connectivity index (χ1n) is 7.37. The molecule has 0 spiro atoms. The summed E-state index contributed by atoms with van der Waals surface area (Å²) in [5.74, 6) is 1.69. The maximum absolute atomic E-state index is 5.89. The summed E-state index contributed by atoms with van der Waals surface area (Å²) in [4.78, 5) is 11.2. The lowest BCUT2D eigenvalue weighted by Gasteiger charge is -2.27. The van der Waals surface area contributed by atoms with Gasteiger partial charge in [0.25, 0.3) is 0 Å². The number of hydrogen-bond acceptors (Lipinski definition) is 4. The Bertz CT molecular complexity index is 579. The molecule has 4 nitrogen and oxygen atoms in total. The van der Waals surface area contributed by atoms with Crippen LogP contribution in [-0.2, 0) is 6.54 Å². The summed E-state index contributed by atoms with van der Waals surface area (Å²) < 4.78 is 0. The summed E-state index contributed by atoms with van der Waals surface area (Å²) in [6.45, 7) is 2.88. The zero-order valence-electron chi connectivity index (χ0n) is 11.9. The van der Waals surface area contributed by atoms with Gasteiger partial charge < -0.3 is 10.2 Å². The molecule has 0 amide bonds. The Labute approximate surface area is 130 Å². The summed E-state index contributed by atoms with van der Waals surface area (Å²) in [6.07, 6.45) is 5.64. The maximum Gasteiger partial charge on any atom is 0.224 e. The maximum atomic E-state index is 5.89. The highest BCUT2D eigenvalue weighted by Gasteiger charge is 2.12. The highest BCUT2D eigenvalue weighted by molar-refractivity contribution is 6.30. The van der Waals surface area contributed by atoms with Crippen LogP contribution in [0.2, 0.25) is 5.02 Å². The van der Waals surface area contributed by atoms with Crippen molar-refractivity contribution in [2.75, 3.05) is 23.3 Å². The van der Waals surface area contributed by atoms with Gasteiger partial charge in [-0.1, -0.05) is 23.7 Å². The molecule has 2 heterocycles. The molecule has 2 aromatic rings. The van der Waals surface area contributed by atoms with E-state index in [4.69, 9.17) is 11.6 Å². The minimum atomic E-state index is 0.674. The highest BCUT2D eigenvalue weighted by Crippen LogP contribution is 2.18. The predicted molar refractivity (Wildman–Crippen MR) is 86.9 cm³/mol. The number of anilines is 2. The van der Waals surface area contributed by atoms with E-state index in [0.29, 0.717) is 12.5 Å². The third kappa shape index (κ3) is 3.85. The first kappa shape index (κ1) is 14.1. The second kappa shape index (κ2) is 6.76. The molecule has 0 aliphatic carbocycles. The molecule has 1 N–H and O–H groups in total. The van der Waals surface area contributed by atoms with Crippen molar-refractivity contribution < 1.29 is 0 Å². The van der Waals surface area contributed by atoms with Gasteiger partial charge in [0.1, 0.15) is 5.82 Å². The van der Waals surface area contributed by atoms with Gasteiger partial charge in [-0.25, -0.2) is 4.98 Å².